The molecule has 0 aliphatic carbocycles. The fourth-order valence-electron chi connectivity index (χ4n) is 2.94. The molecule has 7 heteroatoms. The zero-order valence-electron chi connectivity index (χ0n) is 13.9. The Labute approximate surface area is 144 Å². The van der Waals surface area contributed by atoms with Gasteiger partial charge in [-0.25, -0.2) is 0 Å². The van der Waals surface area contributed by atoms with Crippen LogP contribution in [-0.2, 0) is 9.47 Å². The van der Waals surface area contributed by atoms with Crippen molar-refractivity contribution in [2.45, 2.75) is 32.0 Å². The molecule has 0 saturated carbocycles. The summed E-state index contributed by atoms with van der Waals surface area (Å²) in [5.41, 5.74) is 1.51. The van der Waals surface area contributed by atoms with Crippen molar-refractivity contribution in [2.75, 3.05) is 13.2 Å². The highest BCUT2D eigenvalue weighted by Crippen LogP contribution is 2.29. The number of pyridine rings is 1. The van der Waals surface area contributed by atoms with Crippen molar-refractivity contribution in [2.24, 2.45) is 0 Å². The van der Waals surface area contributed by atoms with Crippen LogP contribution in [0.5, 0.6) is 5.75 Å². The molecular weight excluding hydrogens is 322 g/mol. The Balaban J connectivity index is 1.55. The van der Waals surface area contributed by atoms with Crippen molar-refractivity contribution in [3.8, 4) is 17.1 Å². The van der Waals surface area contributed by atoms with Crippen LogP contribution < -0.4 is 0 Å². The van der Waals surface area contributed by atoms with Crippen LogP contribution in [0.1, 0.15) is 31.8 Å². The van der Waals surface area contributed by atoms with E-state index in [1.165, 1.54) is 6.20 Å². The minimum Gasteiger partial charge on any atom is -0.506 e. The second kappa shape index (κ2) is 6.78. The number of ether oxygens (including phenoxy) is 2. The molecule has 1 saturated heterocycles. The van der Waals surface area contributed by atoms with Gasteiger partial charge in [0, 0.05) is 17.6 Å². The van der Waals surface area contributed by atoms with E-state index >= 15 is 0 Å². The first-order valence-corrected chi connectivity index (χ1v) is 8.35. The molecule has 3 aromatic rings. The summed E-state index contributed by atoms with van der Waals surface area (Å²) < 4.78 is 16.7. The summed E-state index contributed by atoms with van der Waals surface area (Å²) in [6, 6.07) is 7.25. The molecule has 0 bridgehead atoms. The average molecular weight is 341 g/mol. The van der Waals surface area contributed by atoms with Crippen molar-refractivity contribution >= 4 is 10.9 Å². The number of rotatable bonds is 5. The zero-order chi connectivity index (χ0) is 17.2. The van der Waals surface area contributed by atoms with Crippen LogP contribution in [-0.4, -0.2) is 39.5 Å². The highest BCUT2D eigenvalue weighted by Gasteiger charge is 2.21. The first-order valence-electron chi connectivity index (χ1n) is 8.35. The van der Waals surface area contributed by atoms with Gasteiger partial charge in [-0.15, -0.1) is 0 Å². The molecule has 0 spiro atoms. The van der Waals surface area contributed by atoms with Gasteiger partial charge >= 0.3 is 0 Å². The smallest absolute Gasteiger partial charge is 0.255 e. The number of nitrogens with zero attached hydrogens (tertiary/aromatic N) is 3. The van der Waals surface area contributed by atoms with Crippen LogP contribution in [0, 0.1) is 0 Å². The van der Waals surface area contributed by atoms with E-state index in [0.29, 0.717) is 18.3 Å². The second-order valence-corrected chi connectivity index (χ2v) is 6.13. The molecular formula is C18H19N3O4. The van der Waals surface area contributed by atoms with Crippen LogP contribution >= 0.6 is 0 Å². The summed E-state index contributed by atoms with van der Waals surface area (Å²) in [6.07, 6.45) is 3.35. The quantitative estimate of drug-likeness (QED) is 0.761. The van der Waals surface area contributed by atoms with E-state index < -0.39 is 0 Å². The SMILES string of the molecule is CC(OCC1CCCO1)c1nc(-c2cccc3ncc(O)cc23)no1. The zero-order valence-corrected chi connectivity index (χ0v) is 13.9. The summed E-state index contributed by atoms with van der Waals surface area (Å²) in [5, 5.41) is 14.5. The number of fused-ring (bicyclic) bond motifs is 1. The lowest BCUT2D eigenvalue weighted by atomic mass is 10.1. The maximum atomic E-state index is 9.71. The number of hydrogen-bond donors (Lipinski definition) is 1. The van der Waals surface area contributed by atoms with Gasteiger partial charge in [0.15, 0.2) is 0 Å². The van der Waals surface area contributed by atoms with Gasteiger partial charge in [0.2, 0.25) is 5.82 Å². The molecule has 7 nitrogen and oxygen atoms in total. The van der Waals surface area contributed by atoms with E-state index in [2.05, 4.69) is 15.1 Å². The Morgan fingerprint density at radius 1 is 1.40 bits per heavy atom. The van der Waals surface area contributed by atoms with Gasteiger partial charge in [-0.2, -0.15) is 4.98 Å². The minimum atomic E-state index is -0.313. The van der Waals surface area contributed by atoms with E-state index in [9.17, 15) is 5.11 Å². The van der Waals surface area contributed by atoms with E-state index in [4.69, 9.17) is 14.0 Å². The molecule has 1 aliphatic heterocycles. The van der Waals surface area contributed by atoms with Crippen molar-refractivity contribution in [3.63, 3.8) is 0 Å². The Hall–Kier alpha value is -2.51. The highest BCUT2D eigenvalue weighted by molar-refractivity contribution is 5.93. The van der Waals surface area contributed by atoms with Gasteiger partial charge in [0.1, 0.15) is 11.9 Å². The molecule has 0 radical (unpaired) electrons. The largest absolute Gasteiger partial charge is 0.506 e. The molecule has 130 valence electrons. The summed E-state index contributed by atoms with van der Waals surface area (Å²) >= 11 is 0. The Morgan fingerprint density at radius 3 is 3.16 bits per heavy atom. The van der Waals surface area contributed by atoms with Crippen molar-refractivity contribution in [3.05, 3.63) is 36.4 Å². The monoisotopic (exact) mass is 341 g/mol. The topological polar surface area (TPSA) is 90.5 Å². The van der Waals surface area contributed by atoms with Crippen molar-refractivity contribution in [1.82, 2.24) is 15.1 Å². The van der Waals surface area contributed by atoms with Crippen LogP contribution in [0.2, 0.25) is 0 Å². The minimum absolute atomic E-state index is 0.0944. The lowest BCUT2D eigenvalue weighted by Gasteiger charge is -2.12. The van der Waals surface area contributed by atoms with Gasteiger partial charge in [-0.3, -0.25) is 4.98 Å². The van der Waals surface area contributed by atoms with Crippen LogP contribution in [0.4, 0.5) is 0 Å². The Bertz CT molecular complexity index is 874. The number of benzene rings is 1. The lowest BCUT2D eigenvalue weighted by Crippen LogP contribution is -2.15. The van der Waals surface area contributed by atoms with Gasteiger partial charge in [0.25, 0.3) is 5.89 Å². The molecule has 1 aliphatic rings. The molecule has 1 aromatic carbocycles. The molecule has 4 rings (SSSR count). The molecule has 2 atom stereocenters. The van der Waals surface area contributed by atoms with E-state index in [0.717, 1.165) is 35.9 Å². The predicted octanol–water partition coefficient (Wildman–Crippen LogP) is 3.25. The predicted molar refractivity (Wildman–Crippen MR) is 90.0 cm³/mol. The Kier molecular flexibility index (Phi) is 4.33. The summed E-state index contributed by atoms with van der Waals surface area (Å²) in [6.45, 7) is 3.20. The third-order valence-corrected chi connectivity index (χ3v) is 4.30. The molecule has 2 unspecified atom stereocenters. The van der Waals surface area contributed by atoms with Crippen molar-refractivity contribution < 1.29 is 19.1 Å². The second-order valence-electron chi connectivity index (χ2n) is 6.13. The van der Waals surface area contributed by atoms with Crippen molar-refractivity contribution in [1.29, 1.82) is 0 Å². The molecule has 1 N–H and O–H groups in total. The molecule has 1 fully saturated rings. The summed E-state index contributed by atoms with van der Waals surface area (Å²) in [4.78, 5) is 8.66. The van der Waals surface area contributed by atoms with E-state index in [1.54, 1.807) is 6.07 Å². The summed E-state index contributed by atoms with van der Waals surface area (Å²) in [5.74, 6) is 0.954. The lowest BCUT2D eigenvalue weighted by molar-refractivity contribution is -0.0250. The van der Waals surface area contributed by atoms with E-state index in [1.807, 2.05) is 25.1 Å². The van der Waals surface area contributed by atoms with Gasteiger partial charge in [0.05, 0.1) is 24.4 Å². The fourth-order valence-corrected chi connectivity index (χ4v) is 2.94. The number of aromatic hydroxyl groups is 1. The van der Waals surface area contributed by atoms with Crippen LogP contribution in [0.25, 0.3) is 22.3 Å². The first-order chi connectivity index (χ1) is 12.2. The van der Waals surface area contributed by atoms with Gasteiger partial charge in [-0.05, 0) is 31.9 Å². The van der Waals surface area contributed by atoms with Gasteiger partial charge < -0.3 is 19.1 Å². The molecule has 0 amide bonds. The van der Waals surface area contributed by atoms with Gasteiger partial charge in [-0.1, -0.05) is 17.3 Å². The molecule has 3 heterocycles. The van der Waals surface area contributed by atoms with E-state index in [-0.39, 0.29) is 18.0 Å². The third kappa shape index (κ3) is 3.33. The standard InChI is InChI=1S/C18H19N3O4/c1-11(24-10-13-4-3-7-23-13)18-20-17(21-25-18)14-5-2-6-16-15(14)8-12(22)9-19-16/h2,5-6,8-9,11,13,22H,3-4,7,10H2,1H3. The number of aromatic nitrogens is 3. The first kappa shape index (κ1) is 16.0. The van der Waals surface area contributed by atoms with Crippen LogP contribution in [0.3, 0.4) is 0 Å². The molecule has 25 heavy (non-hydrogen) atoms. The maximum absolute atomic E-state index is 9.71. The molecule has 2 aromatic heterocycles. The third-order valence-electron chi connectivity index (χ3n) is 4.30. The maximum Gasteiger partial charge on any atom is 0.255 e. The fraction of sp³-hybridized carbons (Fsp3) is 0.389. The highest BCUT2D eigenvalue weighted by atomic mass is 16.6. The average Bonchev–Trinajstić information content (AvgIpc) is 3.31. The van der Waals surface area contributed by atoms with Crippen LogP contribution in [0.15, 0.2) is 35.0 Å². The number of hydrogen-bond acceptors (Lipinski definition) is 7. The Morgan fingerprint density at radius 2 is 2.32 bits per heavy atom. The summed E-state index contributed by atoms with van der Waals surface area (Å²) in [7, 11) is 0. The normalized spacial score (nSPS) is 18.7.